The molecule has 1 aliphatic rings. The van der Waals surface area contributed by atoms with Crippen LogP contribution in [-0.2, 0) is 13.5 Å². The molecule has 1 N–H and O–H groups in total. The first kappa shape index (κ1) is 16.6. The SMILES string of the molecule is C[Si](C)(C)OCCNP1(=O)OCCCN1CCCl. The second kappa shape index (κ2) is 7.38. The molecule has 0 aromatic carbocycles. The van der Waals surface area contributed by atoms with Crippen LogP contribution in [0, 0.1) is 0 Å². The molecule has 1 aliphatic heterocycles. The zero-order chi connectivity index (χ0) is 13.6. The van der Waals surface area contributed by atoms with Gasteiger partial charge in [-0.2, -0.15) is 0 Å². The zero-order valence-corrected chi connectivity index (χ0v) is 14.1. The summed E-state index contributed by atoms with van der Waals surface area (Å²) in [6, 6.07) is 0. The summed E-state index contributed by atoms with van der Waals surface area (Å²) in [6.07, 6.45) is 0.897. The van der Waals surface area contributed by atoms with Crippen molar-refractivity contribution < 1.29 is 13.5 Å². The van der Waals surface area contributed by atoms with Crippen molar-refractivity contribution in [3.05, 3.63) is 0 Å². The van der Waals surface area contributed by atoms with E-state index in [1.807, 2.05) is 4.67 Å². The Hall–Kier alpha value is 0.577. The van der Waals surface area contributed by atoms with Gasteiger partial charge >= 0.3 is 7.67 Å². The maximum atomic E-state index is 12.6. The zero-order valence-electron chi connectivity index (χ0n) is 11.4. The van der Waals surface area contributed by atoms with Gasteiger partial charge in [0.15, 0.2) is 8.32 Å². The van der Waals surface area contributed by atoms with E-state index in [1.165, 1.54) is 0 Å². The Balaban J connectivity index is 2.39. The second-order valence-electron chi connectivity index (χ2n) is 5.22. The molecule has 1 saturated heterocycles. The number of alkyl halides is 1. The molecule has 18 heavy (non-hydrogen) atoms. The number of nitrogens with zero attached hydrogens (tertiary/aromatic N) is 1. The molecular formula is C10H24ClN2O3PSi. The fourth-order valence-electron chi connectivity index (χ4n) is 1.68. The summed E-state index contributed by atoms with van der Waals surface area (Å²) in [5, 5.41) is 3.00. The number of hydrogen-bond donors (Lipinski definition) is 1. The number of nitrogens with one attached hydrogen (secondary N) is 1. The van der Waals surface area contributed by atoms with Gasteiger partial charge in [0.05, 0.1) is 6.61 Å². The highest BCUT2D eigenvalue weighted by Crippen LogP contribution is 2.48. The smallest absolute Gasteiger partial charge is 0.343 e. The largest absolute Gasteiger partial charge is 0.416 e. The highest BCUT2D eigenvalue weighted by Gasteiger charge is 2.34. The number of hydrogen-bond acceptors (Lipinski definition) is 3. The molecule has 1 atom stereocenters. The topological polar surface area (TPSA) is 50.8 Å². The number of halogens is 1. The number of rotatable bonds is 7. The average Bonchev–Trinajstić information content (AvgIpc) is 2.27. The summed E-state index contributed by atoms with van der Waals surface area (Å²) < 4.78 is 25.5. The van der Waals surface area contributed by atoms with Crippen LogP contribution in [0.5, 0.6) is 0 Å². The molecule has 8 heteroatoms. The normalized spacial score (nSPS) is 26.4. The summed E-state index contributed by atoms with van der Waals surface area (Å²) >= 11 is 5.72. The molecule has 1 rings (SSSR count). The van der Waals surface area contributed by atoms with Crippen LogP contribution in [0.4, 0.5) is 0 Å². The molecule has 0 bridgehead atoms. The first-order valence-corrected chi connectivity index (χ1v) is 11.8. The van der Waals surface area contributed by atoms with E-state index < -0.39 is 16.0 Å². The predicted molar refractivity (Wildman–Crippen MR) is 77.8 cm³/mol. The van der Waals surface area contributed by atoms with Crippen molar-refractivity contribution in [1.29, 1.82) is 0 Å². The van der Waals surface area contributed by atoms with Crippen molar-refractivity contribution >= 4 is 27.6 Å². The van der Waals surface area contributed by atoms with E-state index in [0.717, 1.165) is 13.0 Å². The molecule has 5 nitrogen and oxygen atoms in total. The van der Waals surface area contributed by atoms with Gasteiger partial charge in [-0.1, -0.05) is 0 Å². The third-order valence-electron chi connectivity index (χ3n) is 2.49. The Bertz CT molecular complexity index is 299. The van der Waals surface area contributed by atoms with Gasteiger partial charge in [-0.05, 0) is 26.1 Å². The third-order valence-corrected chi connectivity index (χ3v) is 6.03. The van der Waals surface area contributed by atoms with E-state index in [0.29, 0.717) is 32.2 Å². The van der Waals surface area contributed by atoms with Crippen molar-refractivity contribution in [2.75, 3.05) is 38.7 Å². The maximum Gasteiger partial charge on any atom is 0.343 e. The van der Waals surface area contributed by atoms with E-state index >= 15 is 0 Å². The minimum Gasteiger partial charge on any atom is -0.416 e. The minimum atomic E-state index is -2.89. The Labute approximate surface area is 116 Å². The van der Waals surface area contributed by atoms with Crippen LogP contribution < -0.4 is 5.09 Å². The third kappa shape index (κ3) is 5.69. The Morgan fingerprint density at radius 1 is 1.50 bits per heavy atom. The van der Waals surface area contributed by atoms with Crippen molar-refractivity contribution in [1.82, 2.24) is 9.76 Å². The predicted octanol–water partition coefficient (Wildman–Crippen LogP) is 2.50. The highest BCUT2D eigenvalue weighted by molar-refractivity contribution is 7.54. The molecule has 0 radical (unpaired) electrons. The molecule has 0 aromatic heterocycles. The molecule has 0 saturated carbocycles. The Morgan fingerprint density at radius 2 is 2.22 bits per heavy atom. The van der Waals surface area contributed by atoms with Crippen molar-refractivity contribution in [3.63, 3.8) is 0 Å². The van der Waals surface area contributed by atoms with Crippen molar-refractivity contribution in [2.24, 2.45) is 0 Å². The Morgan fingerprint density at radius 3 is 2.83 bits per heavy atom. The molecular weight excluding hydrogens is 291 g/mol. The van der Waals surface area contributed by atoms with Crippen LogP contribution in [-0.4, -0.2) is 51.7 Å². The lowest BCUT2D eigenvalue weighted by Gasteiger charge is -2.34. The van der Waals surface area contributed by atoms with Crippen LogP contribution in [0.2, 0.25) is 19.6 Å². The molecule has 0 aliphatic carbocycles. The summed E-state index contributed by atoms with van der Waals surface area (Å²) in [4.78, 5) is 0. The minimum absolute atomic E-state index is 0.459. The van der Waals surface area contributed by atoms with E-state index in [9.17, 15) is 4.57 Å². The molecule has 1 unspecified atom stereocenters. The molecule has 0 amide bonds. The van der Waals surface area contributed by atoms with E-state index in [-0.39, 0.29) is 0 Å². The molecule has 1 heterocycles. The summed E-state index contributed by atoms with van der Waals surface area (Å²) in [6.45, 7) is 9.40. The molecule has 0 aromatic rings. The van der Waals surface area contributed by atoms with Gasteiger partial charge in [0, 0.05) is 32.1 Å². The van der Waals surface area contributed by atoms with Gasteiger partial charge in [0.25, 0.3) is 0 Å². The van der Waals surface area contributed by atoms with Crippen LogP contribution in [0.1, 0.15) is 6.42 Å². The highest BCUT2D eigenvalue weighted by atomic mass is 35.5. The quantitative estimate of drug-likeness (QED) is 0.339. The molecule has 1 fully saturated rings. The fourth-order valence-corrected chi connectivity index (χ4v) is 4.69. The average molecular weight is 315 g/mol. The van der Waals surface area contributed by atoms with Gasteiger partial charge in [-0.3, -0.25) is 4.57 Å². The van der Waals surface area contributed by atoms with Crippen molar-refractivity contribution in [3.8, 4) is 0 Å². The fraction of sp³-hybridized carbons (Fsp3) is 1.00. The van der Waals surface area contributed by atoms with Gasteiger partial charge < -0.3 is 8.95 Å². The summed E-state index contributed by atoms with van der Waals surface area (Å²) in [5.41, 5.74) is 0. The van der Waals surface area contributed by atoms with E-state index in [4.69, 9.17) is 20.6 Å². The lowest BCUT2D eigenvalue weighted by molar-refractivity contribution is 0.200. The summed E-state index contributed by atoms with van der Waals surface area (Å²) in [7, 11) is -4.39. The Kier molecular flexibility index (Phi) is 6.82. The lowest BCUT2D eigenvalue weighted by atomic mass is 10.4. The van der Waals surface area contributed by atoms with Gasteiger partial charge in [0.2, 0.25) is 0 Å². The van der Waals surface area contributed by atoms with Gasteiger partial charge in [0.1, 0.15) is 0 Å². The van der Waals surface area contributed by atoms with Gasteiger partial charge in [-0.15, -0.1) is 11.6 Å². The van der Waals surface area contributed by atoms with Crippen molar-refractivity contribution in [2.45, 2.75) is 26.1 Å². The maximum absolute atomic E-state index is 12.6. The van der Waals surface area contributed by atoms with Crippen LogP contribution in [0.15, 0.2) is 0 Å². The van der Waals surface area contributed by atoms with Crippen LogP contribution >= 0.6 is 19.3 Å². The van der Waals surface area contributed by atoms with E-state index in [2.05, 4.69) is 24.7 Å². The lowest BCUT2D eigenvalue weighted by Crippen LogP contribution is -2.38. The summed E-state index contributed by atoms with van der Waals surface area (Å²) in [5.74, 6) is 0.459. The van der Waals surface area contributed by atoms with Crippen LogP contribution in [0.3, 0.4) is 0 Å². The van der Waals surface area contributed by atoms with E-state index in [1.54, 1.807) is 0 Å². The van der Waals surface area contributed by atoms with Gasteiger partial charge in [-0.25, -0.2) is 9.76 Å². The van der Waals surface area contributed by atoms with Crippen LogP contribution in [0.25, 0.3) is 0 Å². The standard InChI is InChI=1S/C10H24ClN2O3PSi/c1-18(2,3)16-10-6-12-17(14)13(8-5-11)7-4-9-15-17/h4-10H2,1-3H3,(H,12,14). The molecule has 0 spiro atoms. The second-order valence-corrected chi connectivity index (χ2v) is 12.3. The monoisotopic (exact) mass is 314 g/mol. The first-order chi connectivity index (χ1) is 8.37. The molecule has 108 valence electrons. The first-order valence-electron chi connectivity index (χ1n) is 6.32.